The van der Waals surface area contributed by atoms with Gasteiger partial charge in [0.05, 0.1) is 19.3 Å². The van der Waals surface area contributed by atoms with Gasteiger partial charge in [-0.3, -0.25) is 0 Å². The molecule has 0 unspecified atom stereocenters. The highest BCUT2D eigenvalue weighted by Crippen LogP contribution is 2.12. The van der Waals surface area contributed by atoms with Gasteiger partial charge in [0.2, 0.25) is 0 Å². The van der Waals surface area contributed by atoms with Crippen LogP contribution in [0.5, 0.6) is 0 Å². The van der Waals surface area contributed by atoms with Gasteiger partial charge in [0.25, 0.3) is 0 Å². The van der Waals surface area contributed by atoms with Crippen LogP contribution < -0.4 is 10.6 Å². The molecule has 0 atom stereocenters. The number of aliphatic imine (C=N–C) groups is 1. The van der Waals surface area contributed by atoms with Crippen molar-refractivity contribution >= 4 is 21.9 Å². The lowest BCUT2D eigenvalue weighted by Crippen LogP contribution is -2.49. The van der Waals surface area contributed by atoms with Crippen molar-refractivity contribution in [3.8, 4) is 0 Å². The molecule has 0 aliphatic carbocycles. The van der Waals surface area contributed by atoms with Gasteiger partial charge in [0, 0.05) is 36.7 Å². The fraction of sp³-hybridized carbons (Fsp3) is 0.650. The van der Waals surface area contributed by atoms with Crippen LogP contribution in [0, 0.1) is 0 Å². The van der Waals surface area contributed by atoms with E-state index >= 15 is 0 Å². The summed E-state index contributed by atoms with van der Waals surface area (Å²) in [6, 6.07) is 8.82. The van der Waals surface area contributed by atoms with E-state index in [0.717, 1.165) is 56.1 Å². The molecule has 26 heavy (non-hydrogen) atoms. The number of likely N-dealkylation sites (tertiary alicyclic amines) is 1. The van der Waals surface area contributed by atoms with E-state index in [1.54, 1.807) is 0 Å². The Morgan fingerprint density at radius 1 is 1.27 bits per heavy atom. The lowest BCUT2D eigenvalue weighted by molar-refractivity contribution is 0.0532. The topological polar surface area (TPSA) is 48.9 Å². The summed E-state index contributed by atoms with van der Waals surface area (Å²) in [5.41, 5.74) is 1.21. The molecule has 1 aliphatic rings. The maximum atomic E-state index is 5.66. The van der Waals surface area contributed by atoms with E-state index in [-0.39, 0.29) is 0 Å². The highest BCUT2D eigenvalue weighted by Gasteiger charge is 2.19. The maximum Gasteiger partial charge on any atom is 0.191 e. The summed E-state index contributed by atoms with van der Waals surface area (Å²) in [6.07, 6.45) is 2.60. The van der Waals surface area contributed by atoms with Crippen molar-refractivity contribution < 1.29 is 4.74 Å². The van der Waals surface area contributed by atoms with Crippen LogP contribution >= 0.6 is 15.9 Å². The maximum absolute atomic E-state index is 5.66. The first-order valence-corrected chi connectivity index (χ1v) is 10.5. The Kier molecular flexibility index (Phi) is 9.43. The van der Waals surface area contributed by atoms with Crippen LogP contribution in [-0.2, 0) is 11.3 Å². The molecule has 1 fully saturated rings. The van der Waals surface area contributed by atoms with Crippen molar-refractivity contribution in [2.45, 2.75) is 52.3 Å². The molecule has 0 aromatic heterocycles. The van der Waals surface area contributed by atoms with Crippen LogP contribution in [-0.4, -0.2) is 55.8 Å². The molecule has 1 aromatic carbocycles. The minimum absolute atomic E-state index is 0.318. The second-order valence-corrected chi connectivity index (χ2v) is 7.92. The van der Waals surface area contributed by atoms with Crippen molar-refractivity contribution in [3.63, 3.8) is 0 Å². The first-order valence-electron chi connectivity index (χ1n) is 9.70. The molecule has 2 rings (SSSR count). The number of hydrogen-bond donors (Lipinski definition) is 2. The minimum Gasteiger partial charge on any atom is -0.377 e. The lowest BCUT2D eigenvalue weighted by Gasteiger charge is -2.33. The van der Waals surface area contributed by atoms with Gasteiger partial charge in [0.1, 0.15) is 0 Å². The number of piperidine rings is 1. The van der Waals surface area contributed by atoms with Gasteiger partial charge in [-0.25, -0.2) is 4.99 Å². The van der Waals surface area contributed by atoms with E-state index in [1.807, 2.05) is 0 Å². The summed E-state index contributed by atoms with van der Waals surface area (Å²) in [7, 11) is 0. The zero-order valence-corrected chi connectivity index (χ0v) is 17.9. The summed E-state index contributed by atoms with van der Waals surface area (Å²) in [4.78, 5) is 7.23. The zero-order chi connectivity index (χ0) is 18.8. The first-order chi connectivity index (χ1) is 12.6. The van der Waals surface area contributed by atoms with Gasteiger partial charge < -0.3 is 20.3 Å². The molecule has 1 aliphatic heterocycles. The average molecular weight is 425 g/mol. The third-order valence-corrected chi connectivity index (χ3v) is 4.99. The Hall–Kier alpha value is -1.11. The van der Waals surface area contributed by atoms with Gasteiger partial charge in [0.15, 0.2) is 5.96 Å². The quantitative estimate of drug-likeness (QED) is 0.495. The summed E-state index contributed by atoms with van der Waals surface area (Å²) in [6.45, 7) is 11.9. The van der Waals surface area contributed by atoms with E-state index < -0.39 is 0 Å². The van der Waals surface area contributed by atoms with Crippen LogP contribution in [0.4, 0.5) is 0 Å². The fourth-order valence-electron chi connectivity index (χ4n) is 2.99. The molecule has 1 heterocycles. The molecule has 2 N–H and O–H groups in total. The number of nitrogens with one attached hydrogen (secondary N) is 2. The SMILES string of the molecule is CCNC(=NCc1ccc(Br)cc1)NC1CCN(CCOC(C)C)CC1. The molecule has 6 heteroatoms. The Bertz CT molecular complexity index is 539. The predicted octanol–water partition coefficient (Wildman–Crippen LogP) is 3.39. The molecule has 0 saturated carbocycles. The smallest absolute Gasteiger partial charge is 0.191 e. The number of hydrogen-bond acceptors (Lipinski definition) is 3. The van der Waals surface area contributed by atoms with E-state index in [1.165, 1.54) is 5.56 Å². The normalized spacial score (nSPS) is 16.9. The molecule has 1 aromatic rings. The summed E-state index contributed by atoms with van der Waals surface area (Å²) >= 11 is 3.47. The number of guanidine groups is 1. The van der Waals surface area contributed by atoms with Gasteiger partial charge in [-0.2, -0.15) is 0 Å². The number of rotatable bonds is 8. The monoisotopic (exact) mass is 424 g/mol. The second kappa shape index (κ2) is 11.6. The number of ether oxygens (including phenoxy) is 1. The van der Waals surface area contributed by atoms with Crippen molar-refractivity contribution in [3.05, 3.63) is 34.3 Å². The van der Waals surface area contributed by atoms with Gasteiger partial charge in [-0.15, -0.1) is 0 Å². The summed E-state index contributed by atoms with van der Waals surface area (Å²) in [5.74, 6) is 0.914. The van der Waals surface area contributed by atoms with E-state index in [4.69, 9.17) is 9.73 Å². The van der Waals surface area contributed by atoms with Crippen LogP contribution in [0.15, 0.2) is 33.7 Å². The standard InChI is InChI=1S/C20H33BrN4O/c1-4-22-20(23-15-17-5-7-18(21)8-6-17)24-19-9-11-25(12-10-19)13-14-26-16(2)3/h5-8,16,19H,4,9-15H2,1-3H3,(H2,22,23,24). The third-order valence-electron chi connectivity index (χ3n) is 4.46. The van der Waals surface area contributed by atoms with Crippen molar-refractivity contribution in [2.24, 2.45) is 4.99 Å². The molecule has 0 bridgehead atoms. The molecule has 0 radical (unpaired) electrons. The van der Waals surface area contributed by atoms with E-state index in [2.05, 4.69) is 76.5 Å². The molecular weight excluding hydrogens is 392 g/mol. The Labute approximate surface area is 166 Å². The minimum atomic E-state index is 0.318. The van der Waals surface area contributed by atoms with Crippen LogP contribution in [0.25, 0.3) is 0 Å². The fourth-order valence-corrected chi connectivity index (χ4v) is 3.26. The van der Waals surface area contributed by atoms with Crippen molar-refractivity contribution in [1.29, 1.82) is 0 Å². The van der Waals surface area contributed by atoms with E-state index in [9.17, 15) is 0 Å². The summed E-state index contributed by atoms with van der Waals surface area (Å²) in [5, 5.41) is 6.97. The molecule has 146 valence electrons. The van der Waals surface area contributed by atoms with Gasteiger partial charge >= 0.3 is 0 Å². The number of benzene rings is 1. The highest BCUT2D eigenvalue weighted by atomic mass is 79.9. The van der Waals surface area contributed by atoms with Crippen molar-refractivity contribution in [1.82, 2.24) is 15.5 Å². The van der Waals surface area contributed by atoms with E-state index in [0.29, 0.717) is 18.7 Å². The molecule has 5 nitrogen and oxygen atoms in total. The number of halogens is 1. The van der Waals surface area contributed by atoms with Crippen LogP contribution in [0.1, 0.15) is 39.2 Å². The van der Waals surface area contributed by atoms with Crippen LogP contribution in [0.2, 0.25) is 0 Å². The zero-order valence-electron chi connectivity index (χ0n) is 16.3. The summed E-state index contributed by atoms with van der Waals surface area (Å²) < 4.78 is 6.76. The first kappa shape index (κ1) is 21.2. The predicted molar refractivity (Wildman–Crippen MR) is 113 cm³/mol. The van der Waals surface area contributed by atoms with Gasteiger partial charge in [-0.05, 0) is 51.3 Å². The number of nitrogens with zero attached hydrogens (tertiary/aromatic N) is 2. The molecular formula is C20H33BrN4O. The highest BCUT2D eigenvalue weighted by molar-refractivity contribution is 9.10. The lowest BCUT2D eigenvalue weighted by atomic mass is 10.1. The van der Waals surface area contributed by atoms with Gasteiger partial charge in [-0.1, -0.05) is 28.1 Å². The molecule has 1 saturated heterocycles. The van der Waals surface area contributed by atoms with Crippen molar-refractivity contribution in [2.75, 3.05) is 32.8 Å². The van der Waals surface area contributed by atoms with Crippen LogP contribution in [0.3, 0.4) is 0 Å². The Morgan fingerprint density at radius 3 is 2.58 bits per heavy atom. The second-order valence-electron chi connectivity index (χ2n) is 7.00. The molecule has 0 amide bonds. The largest absolute Gasteiger partial charge is 0.377 e. The average Bonchev–Trinajstić information content (AvgIpc) is 2.62. The third kappa shape index (κ3) is 8.06. The Balaban J connectivity index is 1.77. The molecule has 0 spiro atoms. The Morgan fingerprint density at radius 2 is 1.96 bits per heavy atom.